The van der Waals surface area contributed by atoms with Gasteiger partial charge in [-0.15, -0.1) is 0 Å². The first-order valence-corrected chi connectivity index (χ1v) is 10.2. The number of carboxylic acids is 2. The zero-order valence-corrected chi connectivity index (χ0v) is 20.3. The number of amides is 1. The van der Waals surface area contributed by atoms with Crippen molar-refractivity contribution in [1.82, 2.24) is 15.3 Å². The molecule has 1 saturated heterocycles. The molecule has 0 bridgehead atoms. The molecule has 2 aliphatic heterocycles. The Morgan fingerprint density at radius 2 is 1.94 bits per heavy atom. The summed E-state index contributed by atoms with van der Waals surface area (Å²) in [7, 11) is 0. The Morgan fingerprint density at radius 3 is 2.59 bits per heavy atom. The molecule has 1 amide bonds. The van der Waals surface area contributed by atoms with Crippen molar-refractivity contribution < 1.29 is 24.6 Å². The van der Waals surface area contributed by atoms with Gasteiger partial charge in [0.25, 0.3) is 11.5 Å². The fourth-order valence-electron chi connectivity index (χ4n) is 4.00. The number of hydrogen-bond acceptors (Lipinski definition) is 11. The number of nitrogens with two attached hydrogens (primary N) is 1. The number of aromatic nitrogens is 2. The molecule has 1 unspecified atom stereocenters. The SMILES string of the molecule is Nc1nc(=O)c2c([nH]1)NCC1CN(c3ccc(C(=O)N[C@@H](CCC(=O)[O-])C(=O)[O-])cc3)CN21.[Ca+2]. The van der Waals surface area contributed by atoms with Crippen LogP contribution in [0, 0.1) is 0 Å². The summed E-state index contributed by atoms with van der Waals surface area (Å²) >= 11 is 0. The average molecular weight is 496 g/mol. The van der Waals surface area contributed by atoms with Crippen molar-refractivity contribution in [1.29, 1.82) is 0 Å². The number of carbonyl (C=O) groups is 3. The van der Waals surface area contributed by atoms with Crippen LogP contribution >= 0.6 is 0 Å². The first-order valence-electron chi connectivity index (χ1n) is 10.2. The van der Waals surface area contributed by atoms with Crippen molar-refractivity contribution in [2.24, 2.45) is 0 Å². The van der Waals surface area contributed by atoms with E-state index in [1.165, 1.54) is 12.1 Å². The number of fused-ring (bicyclic) bond motifs is 3. The molecule has 2 aromatic rings. The molecule has 0 saturated carbocycles. The second kappa shape index (κ2) is 10.5. The summed E-state index contributed by atoms with van der Waals surface area (Å²) in [6.45, 7) is 1.65. The van der Waals surface area contributed by atoms with Gasteiger partial charge in [-0.25, -0.2) is 0 Å². The molecule has 1 aromatic carbocycles. The predicted molar refractivity (Wildman–Crippen MR) is 119 cm³/mol. The van der Waals surface area contributed by atoms with Crippen molar-refractivity contribution in [2.75, 3.05) is 40.6 Å². The smallest absolute Gasteiger partial charge is 0.550 e. The summed E-state index contributed by atoms with van der Waals surface area (Å²) < 4.78 is 0. The van der Waals surface area contributed by atoms with Gasteiger partial charge in [-0.2, -0.15) is 4.98 Å². The van der Waals surface area contributed by atoms with Crippen molar-refractivity contribution in [3.8, 4) is 0 Å². The van der Waals surface area contributed by atoms with Crippen LogP contribution in [0.2, 0.25) is 0 Å². The maximum absolute atomic E-state index is 12.4. The molecular formula is C20H21CaN7O6. The van der Waals surface area contributed by atoms with E-state index in [1.807, 2.05) is 9.80 Å². The van der Waals surface area contributed by atoms with Crippen LogP contribution in [0.4, 0.5) is 23.1 Å². The molecule has 1 aromatic heterocycles. The van der Waals surface area contributed by atoms with Crippen molar-refractivity contribution >= 4 is 78.7 Å². The minimum atomic E-state index is -1.57. The number of rotatable bonds is 7. The maximum atomic E-state index is 12.4. The summed E-state index contributed by atoms with van der Waals surface area (Å²) in [5.41, 5.74) is 6.63. The summed E-state index contributed by atoms with van der Waals surface area (Å²) in [6.07, 6.45) is -0.859. The number of aliphatic carboxylic acids is 2. The van der Waals surface area contributed by atoms with Gasteiger partial charge in [0.1, 0.15) is 11.5 Å². The van der Waals surface area contributed by atoms with Crippen LogP contribution in [0.25, 0.3) is 0 Å². The van der Waals surface area contributed by atoms with Crippen molar-refractivity contribution in [3.05, 3.63) is 40.2 Å². The first-order chi connectivity index (χ1) is 15.7. The summed E-state index contributed by atoms with van der Waals surface area (Å²) in [6, 6.07) is 5.07. The number of carboxylic acid groups (broad SMARTS) is 2. The molecular weight excluding hydrogens is 474 g/mol. The van der Waals surface area contributed by atoms with Crippen LogP contribution in [0.1, 0.15) is 23.2 Å². The van der Waals surface area contributed by atoms with Crippen LogP contribution in [-0.4, -0.2) is 97.4 Å². The third kappa shape index (κ3) is 5.37. The molecule has 174 valence electrons. The van der Waals surface area contributed by atoms with E-state index in [0.29, 0.717) is 31.3 Å². The monoisotopic (exact) mass is 495 g/mol. The minimum Gasteiger partial charge on any atom is -0.550 e. The minimum absolute atomic E-state index is 0. The van der Waals surface area contributed by atoms with Gasteiger partial charge in [0.15, 0.2) is 0 Å². The van der Waals surface area contributed by atoms with Gasteiger partial charge in [0, 0.05) is 30.3 Å². The number of carbonyl (C=O) groups excluding carboxylic acids is 3. The fraction of sp³-hybridized carbons (Fsp3) is 0.350. The first kappa shape index (κ1) is 25.6. The number of H-pyrrole nitrogens is 1. The van der Waals surface area contributed by atoms with E-state index >= 15 is 0 Å². The topological polar surface area (TPSA) is 200 Å². The number of nitrogens with one attached hydrogen (secondary N) is 3. The van der Waals surface area contributed by atoms with E-state index in [-0.39, 0.29) is 61.7 Å². The number of anilines is 4. The molecule has 0 spiro atoms. The van der Waals surface area contributed by atoms with Crippen LogP contribution in [0.5, 0.6) is 0 Å². The molecule has 5 N–H and O–H groups in total. The number of benzene rings is 1. The Labute approximate surface area is 223 Å². The average Bonchev–Trinajstić information content (AvgIpc) is 3.20. The number of nitrogen functional groups attached to an aromatic ring is 1. The van der Waals surface area contributed by atoms with Crippen LogP contribution < -0.4 is 41.9 Å². The van der Waals surface area contributed by atoms with Gasteiger partial charge in [-0.05, 0) is 37.1 Å². The summed E-state index contributed by atoms with van der Waals surface area (Å²) in [5.74, 6) is -3.09. The number of hydrogen-bond donors (Lipinski definition) is 4. The zero-order chi connectivity index (χ0) is 23.7. The second-order valence-corrected chi connectivity index (χ2v) is 7.82. The standard InChI is InChI=1S/C20H23N7O6.Ca/c21-20-24-16-15(18(31)25-20)27-9-26(8-12(27)7-22-16)11-3-1-10(2-4-11)17(30)23-13(19(32)33)5-6-14(28)29;/h1-4,12-13H,5-9H2,(H,23,30)(H,28,29)(H,32,33)(H4,21,22,24,25,31);/q;+2/p-2/t12?,13-;/m0./s1. The Balaban J connectivity index is 0.00000324. The zero-order valence-electron chi connectivity index (χ0n) is 18.1. The van der Waals surface area contributed by atoms with Gasteiger partial charge in [-0.3, -0.25) is 9.59 Å². The molecule has 0 radical (unpaired) electrons. The predicted octanol–water partition coefficient (Wildman–Crippen LogP) is -3.57. The Morgan fingerprint density at radius 1 is 1.24 bits per heavy atom. The number of aromatic amines is 1. The molecule has 0 aliphatic carbocycles. The molecule has 2 atom stereocenters. The quantitative estimate of drug-likeness (QED) is 0.277. The van der Waals surface area contributed by atoms with Crippen LogP contribution in [-0.2, 0) is 9.59 Å². The third-order valence-electron chi connectivity index (χ3n) is 5.63. The molecule has 1 fully saturated rings. The number of nitrogens with zero attached hydrogens (tertiary/aromatic N) is 3. The van der Waals surface area contributed by atoms with E-state index in [2.05, 4.69) is 20.6 Å². The fourth-order valence-corrected chi connectivity index (χ4v) is 4.00. The summed E-state index contributed by atoms with van der Waals surface area (Å²) in [4.78, 5) is 57.1. The normalized spacial score (nSPS) is 17.0. The molecule has 13 nitrogen and oxygen atoms in total. The van der Waals surface area contributed by atoms with Crippen molar-refractivity contribution in [2.45, 2.75) is 24.9 Å². The van der Waals surface area contributed by atoms with Crippen LogP contribution in [0.3, 0.4) is 0 Å². The molecule has 3 heterocycles. The molecule has 2 aliphatic rings. The van der Waals surface area contributed by atoms with Crippen LogP contribution in [0.15, 0.2) is 29.1 Å². The summed E-state index contributed by atoms with van der Waals surface area (Å²) in [5, 5.41) is 27.2. The van der Waals surface area contributed by atoms with E-state index < -0.39 is 35.9 Å². The third-order valence-corrected chi connectivity index (χ3v) is 5.63. The molecule has 34 heavy (non-hydrogen) atoms. The van der Waals surface area contributed by atoms with E-state index in [0.717, 1.165) is 5.69 Å². The second-order valence-electron chi connectivity index (χ2n) is 7.82. The Kier molecular flexibility index (Phi) is 7.89. The molecule has 14 heteroatoms. The van der Waals surface area contributed by atoms with Gasteiger partial charge in [0.05, 0.1) is 24.7 Å². The van der Waals surface area contributed by atoms with E-state index in [9.17, 15) is 29.4 Å². The Bertz CT molecular complexity index is 1160. The van der Waals surface area contributed by atoms with E-state index in [4.69, 9.17) is 5.73 Å². The molecule has 4 rings (SSSR count). The van der Waals surface area contributed by atoms with Gasteiger partial charge >= 0.3 is 37.7 Å². The van der Waals surface area contributed by atoms with Gasteiger partial charge in [0.2, 0.25) is 5.95 Å². The van der Waals surface area contributed by atoms with Crippen molar-refractivity contribution in [3.63, 3.8) is 0 Å². The maximum Gasteiger partial charge on any atom is 2.00 e. The van der Waals surface area contributed by atoms with E-state index in [1.54, 1.807) is 12.1 Å². The van der Waals surface area contributed by atoms with Gasteiger partial charge < -0.3 is 51.0 Å². The Hall–Kier alpha value is -3.03. The van der Waals surface area contributed by atoms with Gasteiger partial charge in [-0.1, -0.05) is 0 Å². The largest absolute Gasteiger partial charge is 2.00 e.